The van der Waals surface area contributed by atoms with Crippen molar-refractivity contribution in [2.75, 3.05) is 26.8 Å². The zero-order chi connectivity index (χ0) is 26.3. The lowest BCUT2D eigenvalue weighted by Crippen LogP contribution is -2.54. The smallest absolute Gasteiger partial charge is 0.274 e. The number of aliphatic hydroxyl groups excluding tert-OH is 2. The highest BCUT2D eigenvalue weighted by atomic mass is 19.1. The fraction of sp³-hybridized carbons (Fsp3) is 0.577. The molecule has 11 heteroatoms. The molecule has 3 fully saturated rings. The van der Waals surface area contributed by atoms with E-state index in [4.69, 9.17) is 4.74 Å². The van der Waals surface area contributed by atoms with Crippen LogP contribution < -0.4 is 15.4 Å². The zero-order valence-corrected chi connectivity index (χ0v) is 20.7. The molecule has 2 amide bonds. The highest BCUT2D eigenvalue weighted by Gasteiger charge is 2.50. The molecule has 1 aliphatic carbocycles. The first-order valence-corrected chi connectivity index (χ1v) is 12.8. The number of halogens is 1. The standard InChI is InChI=1S/C26H33FN4O6/c1-37-19-7-3-6-16-20(19)21(27)22(29-16)26(36)31-11-14-4-2-5-15(14)23(31)25(35)30-17(18(33)12-32)10-13-8-9-28-24(13)34/h3,6-7,13-15,17,23-24,28-29,32,34H,2,4-5,8-12H2,1H3,(H,30,35). The van der Waals surface area contributed by atoms with E-state index in [9.17, 15) is 24.6 Å². The van der Waals surface area contributed by atoms with Crippen LogP contribution in [0.2, 0.25) is 0 Å². The van der Waals surface area contributed by atoms with Crippen molar-refractivity contribution in [3.05, 3.63) is 29.7 Å². The van der Waals surface area contributed by atoms with Gasteiger partial charge in [0.05, 0.1) is 24.1 Å². The number of ether oxygens (including phenoxy) is 1. The van der Waals surface area contributed by atoms with Gasteiger partial charge in [-0.3, -0.25) is 19.7 Å². The molecular formula is C26H33FN4O6. The van der Waals surface area contributed by atoms with Gasteiger partial charge in [-0.2, -0.15) is 0 Å². The van der Waals surface area contributed by atoms with Crippen molar-refractivity contribution >= 4 is 28.5 Å². The van der Waals surface area contributed by atoms with Gasteiger partial charge in [-0.1, -0.05) is 12.5 Å². The number of H-pyrrole nitrogens is 1. The molecule has 1 aromatic heterocycles. The molecule has 10 nitrogen and oxygen atoms in total. The first-order valence-electron chi connectivity index (χ1n) is 12.8. The van der Waals surface area contributed by atoms with Gasteiger partial charge >= 0.3 is 0 Å². The van der Waals surface area contributed by atoms with Crippen molar-refractivity contribution in [2.24, 2.45) is 17.8 Å². The van der Waals surface area contributed by atoms with Gasteiger partial charge in [-0.25, -0.2) is 4.39 Å². The van der Waals surface area contributed by atoms with Crippen molar-refractivity contribution in [3.8, 4) is 5.75 Å². The SMILES string of the molecule is COc1cccc2[nH]c(C(=O)N3CC4CCCC4C3C(=O)NC(CC3CCNC3O)C(=O)CO)c(F)c12. The molecule has 0 spiro atoms. The van der Waals surface area contributed by atoms with Crippen LogP contribution in [0.15, 0.2) is 18.2 Å². The Morgan fingerprint density at radius 2 is 2.08 bits per heavy atom. The van der Waals surface area contributed by atoms with Crippen LogP contribution in [0.1, 0.15) is 42.6 Å². The monoisotopic (exact) mass is 516 g/mol. The molecule has 6 atom stereocenters. The maximum absolute atomic E-state index is 15.5. The van der Waals surface area contributed by atoms with Crippen molar-refractivity contribution in [1.29, 1.82) is 0 Å². The summed E-state index contributed by atoms with van der Waals surface area (Å²) in [6.07, 6.45) is 2.55. The number of ketones is 1. The van der Waals surface area contributed by atoms with Crippen LogP contribution in [-0.2, 0) is 9.59 Å². The molecule has 1 aromatic carbocycles. The molecule has 3 aliphatic rings. The van der Waals surface area contributed by atoms with Crippen LogP contribution in [0.25, 0.3) is 10.9 Å². The summed E-state index contributed by atoms with van der Waals surface area (Å²) in [6, 6.07) is 3.09. The van der Waals surface area contributed by atoms with Crippen molar-refractivity contribution in [2.45, 2.75) is 50.4 Å². The summed E-state index contributed by atoms with van der Waals surface area (Å²) in [4.78, 5) is 44.1. The fourth-order valence-corrected chi connectivity index (χ4v) is 6.42. The average molecular weight is 517 g/mol. The first kappa shape index (κ1) is 25.6. The van der Waals surface area contributed by atoms with Crippen molar-refractivity contribution in [1.82, 2.24) is 20.5 Å². The second-order valence-corrected chi connectivity index (χ2v) is 10.3. The third-order valence-electron chi connectivity index (χ3n) is 8.29. The quantitative estimate of drug-likeness (QED) is 0.351. The summed E-state index contributed by atoms with van der Waals surface area (Å²) < 4.78 is 20.7. The minimum Gasteiger partial charge on any atom is -0.496 e. The number of amides is 2. The number of carbonyl (C=O) groups excluding carboxylic acids is 3. The molecule has 5 N–H and O–H groups in total. The maximum atomic E-state index is 15.5. The van der Waals surface area contributed by atoms with Crippen LogP contribution in [0.3, 0.4) is 0 Å². The zero-order valence-electron chi connectivity index (χ0n) is 20.7. The Hall–Kier alpha value is -3.02. The van der Waals surface area contributed by atoms with E-state index in [2.05, 4.69) is 15.6 Å². The summed E-state index contributed by atoms with van der Waals surface area (Å²) in [5.74, 6) is -2.35. The Bertz CT molecular complexity index is 1200. The second-order valence-electron chi connectivity index (χ2n) is 10.3. The Labute approximate surface area is 213 Å². The fourth-order valence-electron chi connectivity index (χ4n) is 6.42. The summed E-state index contributed by atoms with van der Waals surface area (Å²) in [6.45, 7) is 0.162. The molecule has 200 valence electrons. The van der Waals surface area contributed by atoms with Crippen LogP contribution in [0, 0.1) is 23.6 Å². The Kier molecular flexibility index (Phi) is 7.19. The molecule has 0 bridgehead atoms. The summed E-state index contributed by atoms with van der Waals surface area (Å²) >= 11 is 0. The highest BCUT2D eigenvalue weighted by Crippen LogP contribution is 2.43. The van der Waals surface area contributed by atoms with Gasteiger partial charge < -0.3 is 30.2 Å². The number of aliphatic hydroxyl groups is 2. The number of methoxy groups -OCH3 is 1. The molecule has 2 aliphatic heterocycles. The lowest BCUT2D eigenvalue weighted by atomic mass is 9.91. The van der Waals surface area contributed by atoms with Gasteiger partial charge in [0.15, 0.2) is 11.6 Å². The van der Waals surface area contributed by atoms with Crippen molar-refractivity contribution < 1.29 is 33.7 Å². The summed E-state index contributed by atoms with van der Waals surface area (Å²) in [5.41, 5.74) is 0.179. The molecule has 5 rings (SSSR count). The molecule has 6 unspecified atom stereocenters. The molecular weight excluding hydrogens is 483 g/mol. The lowest BCUT2D eigenvalue weighted by Gasteiger charge is -2.29. The number of rotatable bonds is 8. The van der Waals surface area contributed by atoms with E-state index in [1.165, 1.54) is 12.0 Å². The lowest BCUT2D eigenvalue weighted by molar-refractivity contribution is -0.132. The van der Waals surface area contributed by atoms with E-state index in [1.807, 2.05) is 0 Å². The van der Waals surface area contributed by atoms with E-state index in [0.717, 1.165) is 19.3 Å². The number of carbonyl (C=O) groups is 3. The van der Waals surface area contributed by atoms with Crippen LogP contribution in [0.5, 0.6) is 5.75 Å². The number of benzene rings is 1. The number of nitrogens with zero attached hydrogens (tertiary/aromatic N) is 1. The molecule has 0 radical (unpaired) electrons. The van der Waals surface area contributed by atoms with E-state index >= 15 is 4.39 Å². The minimum absolute atomic E-state index is 0.102. The predicted octanol–water partition coefficient (Wildman–Crippen LogP) is 0.921. The normalized spacial score (nSPS) is 27.9. The van der Waals surface area contributed by atoms with E-state index in [1.54, 1.807) is 18.2 Å². The number of nitrogens with one attached hydrogen (secondary N) is 3. The minimum atomic E-state index is -0.997. The average Bonchev–Trinajstić information content (AvgIpc) is 3.66. The van der Waals surface area contributed by atoms with Crippen molar-refractivity contribution in [3.63, 3.8) is 0 Å². The first-order chi connectivity index (χ1) is 17.8. The number of hydrogen-bond acceptors (Lipinski definition) is 7. The number of Topliss-reactive ketones (excluding diaryl/α,β-unsaturated/α-hetero) is 1. The molecule has 37 heavy (non-hydrogen) atoms. The van der Waals surface area contributed by atoms with Crippen LogP contribution in [-0.4, -0.2) is 82.8 Å². The molecule has 2 aromatic rings. The van der Waals surface area contributed by atoms with Gasteiger partial charge in [0, 0.05) is 12.5 Å². The van der Waals surface area contributed by atoms with Gasteiger partial charge in [0.25, 0.3) is 5.91 Å². The Morgan fingerprint density at radius 3 is 2.78 bits per heavy atom. The van der Waals surface area contributed by atoms with Gasteiger partial charge in [0.2, 0.25) is 5.91 Å². The maximum Gasteiger partial charge on any atom is 0.274 e. The molecule has 2 saturated heterocycles. The number of aromatic nitrogens is 1. The van der Waals surface area contributed by atoms with Gasteiger partial charge in [0.1, 0.15) is 30.3 Å². The van der Waals surface area contributed by atoms with Gasteiger partial charge in [-0.15, -0.1) is 0 Å². The largest absolute Gasteiger partial charge is 0.496 e. The number of aromatic amines is 1. The second kappa shape index (κ2) is 10.4. The summed E-state index contributed by atoms with van der Waals surface area (Å²) in [7, 11) is 1.43. The van der Waals surface area contributed by atoms with E-state index < -0.39 is 48.3 Å². The van der Waals surface area contributed by atoms with Gasteiger partial charge in [-0.05, 0) is 56.2 Å². The van der Waals surface area contributed by atoms with Crippen LogP contribution in [0.4, 0.5) is 4.39 Å². The Balaban J connectivity index is 1.42. The molecule has 1 saturated carbocycles. The molecule has 3 heterocycles. The third kappa shape index (κ3) is 4.60. The number of likely N-dealkylation sites (tertiary alicyclic amines) is 1. The predicted molar refractivity (Wildman–Crippen MR) is 131 cm³/mol. The number of fused-ring (bicyclic) bond motifs is 2. The highest BCUT2D eigenvalue weighted by molar-refractivity contribution is 6.03. The Morgan fingerprint density at radius 1 is 1.27 bits per heavy atom. The third-order valence-corrected chi connectivity index (χ3v) is 8.29. The summed E-state index contributed by atoms with van der Waals surface area (Å²) in [5, 5.41) is 25.5. The van der Waals surface area contributed by atoms with Crippen LogP contribution >= 0.6 is 0 Å². The number of hydrogen-bond donors (Lipinski definition) is 5. The topological polar surface area (TPSA) is 144 Å². The van der Waals surface area contributed by atoms with E-state index in [-0.39, 0.29) is 35.3 Å². The van der Waals surface area contributed by atoms with E-state index in [0.29, 0.717) is 30.8 Å².